The van der Waals surface area contributed by atoms with E-state index in [-0.39, 0.29) is 11.5 Å². The van der Waals surface area contributed by atoms with Gasteiger partial charge in [-0.2, -0.15) is 4.31 Å². The van der Waals surface area contributed by atoms with E-state index in [0.717, 1.165) is 19.3 Å². The minimum absolute atomic E-state index is 0.179. The Balaban J connectivity index is 1.64. The third kappa shape index (κ3) is 4.82. The van der Waals surface area contributed by atoms with Gasteiger partial charge in [0.2, 0.25) is 10.0 Å². The number of anilines is 1. The summed E-state index contributed by atoms with van der Waals surface area (Å²) in [4.78, 5) is 12.4. The quantitative estimate of drug-likeness (QED) is 0.767. The van der Waals surface area contributed by atoms with E-state index >= 15 is 0 Å². The first kappa shape index (κ1) is 20.2. The molecule has 0 radical (unpaired) electrons. The number of rotatable bonds is 7. The molecule has 7 nitrogen and oxygen atoms in total. The van der Waals surface area contributed by atoms with Gasteiger partial charge in [-0.3, -0.25) is 4.79 Å². The van der Waals surface area contributed by atoms with Gasteiger partial charge < -0.3 is 14.8 Å². The highest BCUT2D eigenvalue weighted by Crippen LogP contribution is 2.26. The lowest BCUT2D eigenvalue weighted by Gasteiger charge is -2.26. The Hall–Kier alpha value is -2.58. The molecule has 1 aliphatic rings. The number of piperidine rings is 1. The number of methoxy groups -OCH3 is 1. The highest BCUT2D eigenvalue weighted by molar-refractivity contribution is 7.89. The topological polar surface area (TPSA) is 84.9 Å². The van der Waals surface area contributed by atoms with Crippen molar-refractivity contribution in [3.63, 3.8) is 0 Å². The number of ether oxygens (including phenoxy) is 2. The summed E-state index contributed by atoms with van der Waals surface area (Å²) in [6.07, 6.45) is 2.79. The van der Waals surface area contributed by atoms with E-state index in [2.05, 4.69) is 5.32 Å². The lowest BCUT2D eigenvalue weighted by Crippen LogP contribution is -2.35. The van der Waals surface area contributed by atoms with Crippen LogP contribution in [0.4, 0.5) is 5.69 Å². The maximum atomic E-state index is 12.8. The van der Waals surface area contributed by atoms with Crippen molar-refractivity contribution in [3.05, 3.63) is 48.5 Å². The molecule has 1 fully saturated rings. The average Bonchev–Trinajstić information content (AvgIpc) is 2.73. The number of sulfonamides is 1. The van der Waals surface area contributed by atoms with E-state index in [4.69, 9.17) is 9.47 Å². The Morgan fingerprint density at radius 3 is 2.46 bits per heavy atom. The van der Waals surface area contributed by atoms with Crippen LogP contribution < -0.4 is 14.8 Å². The van der Waals surface area contributed by atoms with Gasteiger partial charge in [-0.05, 0) is 43.2 Å². The summed E-state index contributed by atoms with van der Waals surface area (Å²) in [5, 5.41) is 2.68. The molecule has 0 bridgehead atoms. The van der Waals surface area contributed by atoms with Crippen molar-refractivity contribution in [1.82, 2.24) is 4.31 Å². The fourth-order valence-electron chi connectivity index (χ4n) is 3.07. The Labute approximate surface area is 165 Å². The zero-order valence-corrected chi connectivity index (χ0v) is 16.6. The van der Waals surface area contributed by atoms with Crippen LogP contribution in [0.5, 0.6) is 11.5 Å². The number of para-hydroxylation sites is 2. The Bertz CT molecular complexity index is 924. The van der Waals surface area contributed by atoms with Gasteiger partial charge in [0.25, 0.3) is 5.91 Å². The molecule has 0 aliphatic carbocycles. The molecule has 0 saturated carbocycles. The number of hydrogen-bond donors (Lipinski definition) is 1. The van der Waals surface area contributed by atoms with Crippen LogP contribution in [0, 0.1) is 0 Å². The second-order valence-electron chi connectivity index (χ2n) is 6.48. The minimum Gasteiger partial charge on any atom is -0.493 e. The van der Waals surface area contributed by atoms with Gasteiger partial charge in [-0.1, -0.05) is 24.6 Å². The number of carbonyl (C=O) groups is 1. The Morgan fingerprint density at radius 2 is 1.75 bits per heavy atom. The van der Waals surface area contributed by atoms with E-state index in [1.165, 1.54) is 17.5 Å². The molecule has 1 saturated heterocycles. The fourth-order valence-corrected chi connectivity index (χ4v) is 4.63. The van der Waals surface area contributed by atoms with Crippen LogP contribution in [0.15, 0.2) is 53.4 Å². The number of benzene rings is 2. The molecule has 1 amide bonds. The first-order valence-electron chi connectivity index (χ1n) is 9.16. The van der Waals surface area contributed by atoms with Crippen molar-refractivity contribution in [2.45, 2.75) is 24.2 Å². The predicted molar refractivity (Wildman–Crippen MR) is 106 cm³/mol. The van der Waals surface area contributed by atoms with Gasteiger partial charge in [0.1, 0.15) is 0 Å². The molecule has 2 aromatic carbocycles. The normalized spacial score (nSPS) is 15.0. The summed E-state index contributed by atoms with van der Waals surface area (Å²) in [5.74, 6) is 0.602. The van der Waals surface area contributed by atoms with Gasteiger partial charge in [-0.15, -0.1) is 0 Å². The minimum atomic E-state index is -3.55. The summed E-state index contributed by atoms with van der Waals surface area (Å²) in [6.45, 7) is 0.848. The van der Waals surface area contributed by atoms with Gasteiger partial charge in [-0.25, -0.2) is 8.42 Å². The molecule has 28 heavy (non-hydrogen) atoms. The highest BCUT2D eigenvalue weighted by Gasteiger charge is 2.26. The Morgan fingerprint density at radius 1 is 1.04 bits per heavy atom. The van der Waals surface area contributed by atoms with Crippen LogP contribution in [-0.4, -0.2) is 45.4 Å². The maximum Gasteiger partial charge on any atom is 0.262 e. The first-order chi connectivity index (χ1) is 13.5. The summed E-state index contributed by atoms with van der Waals surface area (Å²) in [6, 6.07) is 13.3. The number of carbonyl (C=O) groups excluding carboxylic acids is 1. The molecule has 1 heterocycles. The zero-order valence-electron chi connectivity index (χ0n) is 15.8. The third-order valence-corrected chi connectivity index (χ3v) is 6.39. The van der Waals surface area contributed by atoms with Crippen LogP contribution in [0.3, 0.4) is 0 Å². The smallest absolute Gasteiger partial charge is 0.262 e. The number of nitrogens with one attached hydrogen (secondary N) is 1. The van der Waals surface area contributed by atoms with Crippen LogP contribution in [0.1, 0.15) is 19.3 Å². The van der Waals surface area contributed by atoms with E-state index in [1.54, 1.807) is 42.5 Å². The van der Waals surface area contributed by atoms with Crippen LogP contribution in [-0.2, 0) is 14.8 Å². The van der Waals surface area contributed by atoms with Gasteiger partial charge in [0, 0.05) is 18.8 Å². The molecule has 8 heteroatoms. The van der Waals surface area contributed by atoms with Crippen molar-refractivity contribution in [3.8, 4) is 11.5 Å². The molecule has 1 N–H and O–H groups in total. The SMILES string of the molecule is COc1ccccc1OCC(=O)Nc1cccc(S(=O)(=O)N2CCCCC2)c1. The largest absolute Gasteiger partial charge is 0.493 e. The molecule has 2 aromatic rings. The molecule has 0 unspecified atom stereocenters. The molecular weight excluding hydrogens is 380 g/mol. The second-order valence-corrected chi connectivity index (χ2v) is 8.42. The average molecular weight is 404 g/mol. The van der Waals surface area contributed by atoms with Crippen LogP contribution >= 0.6 is 0 Å². The standard InChI is InChI=1S/C20H24N2O5S/c1-26-18-10-3-4-11-19(18)27-15-20(23)21-16-8-7-9-17(14-16)28(24,25)22-12-5-2-6-13-22/h3-4,7-11,14H,2,5-6,12-13,15H2,1H3,(H,21,23). The van der Waals surface area contributed by atoms with Crippen molar-refractivity contribution >= 4 is 21.6 Å². The summed E-state index contributed by atoms with van der Waals surface area (Å²) >= 11 is 0. The molecule has 0 atom stereocenters. The van der Waals surface area contributed by atoms with E-state index < -0.39 is 15.9 Å². The van der Waals surface area contributed by atoms with E-state index in [0.29, 0.717) is 30.3 Å². The van der Waals surface area contributed by atoms with Crippen LogP contribution in [0.2, 0.25) is 0 Å². The lowest BCUT2D eigenvalue weighted by atomic mass is 10.2. The number of nitrogens with zero attached hydrogens (tertiary/aromatic N) is 1. The zero-order chi connectivity index (χ0) is 20.0. The summed E-state index contributed by atoms with van der Waals surface area (Å²) in [5.41, 5.74) is 0.409. The molecule has 0 spiro atoms. The monoisotopic (exact) mass is 404 g/mol. The number of amides is 1. The maximum absolute atomic E-state index is 12.8. The predicted octanol–water partition coefficient (Wildman–Crippen LogP) is 2.89. The second kappa shape index (κ2) is 9.07. The van der Waals surface area contributed by atoms with Gasteiger partial charge >= 0.3 is 0 Å². The van der Waals surface area contributed by atoms with Crippen molar-refractivity contribution in [2.75, 3.05) is 32.1 Å². The van der Waals surface area contributed by atoms with Crippen molar-refractivity contribution in [2.24, 2.45) is 0 Å². The lowest BCUT2D eigenvalue weighted by molar-refractivity contribution is -0.118. The first-order valence-corrected chi connectivity index (χ1v) is 10.6. The van der Waals surface area contributed by atoms with Crippen molar-refractivity contribution in [1.29, 1.82) is 0 Å². The summed E-state index contributed by atoms with van der Waals surface area (Å²) < 4.78 is 37.7. The highest BCUT2D eigenvalue weighted by atomic mass is 32.2. The molecule has 3 rings (SSSR count). The van der Waals surface area contributed by atoms with Gasteiger partial charge in [0.15, 0.2) is 18.1 Å². The van der Waals surface area contributed by atoms with E-state index in [9.17, 15) is 13.2 Å². The number of hydrogen-bond acceptors (Lipinski definition) is 5. The molecular formula is C20H24N2O5S. The third-order valence-electron chi connectivity index (χ3n) is 4.50. The van der Waals surface area contributed by atoms with Crippen LogP contribution in [0.25, 0.3) is 0 Å². The van der Waals surface area contributed by atoms with Crippen molar-refractivity contribution < 1.29 is 22.7 Å². The summed E-state index contributed by atoms with van der Waals surface area (Å²) in [7, 11) is -2.03. The van der Waals surface area contributed by atoms with E-state index in [1.807, 2.05) is 0 Å². The fraction of sp³-hybridized carbons (Fsp3) is 0.350. The Kier molecular flexibility index (Phi) is 6.53. The van der Waals surface area contributed by atoms with Gasteiger partial charge in [0.05, 0.1) is 12.0 Å². The molecule has 150 valence electrons. The molecule has 1 aliphatic heterocycles. The molecule has 0 aromatic heterocycles.